The van der Waals surface area contributed by atoms with Crippen LogP contribution in [-0.4, -0.2) is 41.8 Å². The fraction of sp³-hybridized carbons (Fsp3) is 0.286. The number of aliphatic hydroxyl groups excluding tert-OH is 1. The molecule has 0 bridgehead atoms. The summed E-state index contributed by atoms with van der Waals surface area (Å²) in [6.45, 7) is 2.75. The van der Waals surface area contributed by atoms with E-state index in [2.05, 4.69) is 5.32 Å². The maximum absolute atomic E-state index is 13.6. The van der Waals surface area contributed by atoms with Gasteiger partial charge in [0.15, 0.2) is 5.54 Å². The number of benzene rings is 3. The second kappa shape index (κ2) is 11.4. The van der Waals surface area contributed by atoms with E-state index in [0.29, 0.717) is 42.7 Å². The number of rotatable bonds is 10. The lowest BCUT2D eigenvalue weighted by Crippen LogP contribution is -2.52. The third kappa shape index (κ3) is 6.02. The van der Waals surface area contributed by atoms with E-state index in [1.54, 1.807) is 6.07 Å². The van der Waals surface area contributed by atoms with E-state index in [4.69, 9.17) is 31.2 Å². The molecule has 1 amide bonds. The van der Waals surface area contributed by atoms with Crippen LogP contribution in [0, 0.1) is 0 Å². The van der Waals surface area contributed by atoms with Crippen molar-refractivity contribution >= 4 is 23.4 Å². The van der Waals surface area contributed by atoms with Crippen LogP contribution in [0.15, 0.2) is 83.9 Å². The summed E-state index contributed by atoms with van der Waals surface area (Å²) in [5.41, 5.74) is 1.56. The smallest absolute Gasteiger partial charge is 0.252 e. The van der Waals surface area contributed by atoms with Crippen molar-refractivity contribution < 1.29 is 19.4 Å². The van der Waals surface area contributed by atoms with E-state index in [0.717, 1.165) is 16.7 Å². The van der Waals surface area contributed by atoms with Gasteiger partial charge < -0.3 is 19.9 Å². The van der Waals surface area contributed by atoms with Crippen molar-refractivity contribution in [3.63, 3.8) is 0 Å². The molecule has 1 aliphatic rings. The molecule has 0 aromatic heterocycles. The van der Waals surface area contributed by atoms with Crippen LogP contribution in [0.3, 0.4) is 0 Å². The summed E-state index contributed by atoms with van der Waals surface area (Å²) < 4.78 is 11.8. The van der Waals surface area contributed by atoms with Crippen LogP contribution in [0.2, 0.25) is 5.02 Å². The van der Waals surface area contributed by atoms with Crippen LogP contribution in [0.5, 0.6) is 5.75 Å². The standard InChI is InChI=1S/C28H29ClN2O4/c1-20-28(18-21-7-3-2-4-8-21,27(33)30-19-22-9-5-10-24(29)17-22)31-26(35-20)23-11-13-25(14-12-23)34-16-6-15-32/h2-5,7-14,17,20,32H,6,15-16,18-19H2,1H3,(H,30,33)/t20-,28-/m1/s1. The monoisotopic (exact) mass is 492 g/mol. The quantitative estimate of drug-likeness (QED) is 0.406. The zero-order chi connectivity index (χ0) is 24.7. The van der Waals surface area contributed by atoms with Crippen LogP contribution >= 0.6 is 11.6 Å². The number of aliphatic imine (C=N–C) groups is 1. The van der Waals surface area contributed by atoms with E-state index < -0.39 is 11.6 Å². The van der Waals surface area contributed by atoms with E-state index >= 15 is 0 Å². The summed E-state index contributed by atoms with van der Waals surface area (Å²) in [5.74, 6) is 0.921. The summed E-state index contributed by atoms with van der Waals surface area (Å²) in [4.78, 5) is 18.5. The van der Waals surface area contributed by atoms with E-state index in [-0.39, 0.29) is 12.5 Å². The maximum Gasteiger partial charge on any atom is 0.252 e. The first-order valence-electron chi connectivity index (χ1n) is 11.7. The second-order valence-corrected chi connectivity index (χ2v) is 8.96. The molecule has 182 valence electrons. The molecule has 0 radical (unpaired) electrons. The van der Waals surface area contributed by atoms with Gasteiger partial charge in [-0.05, 0) is 54.4 Å². The van der Waals surface area contributed by atoms with Crippen LogP contribution in [0.4, 0.5) is 0 Å². The minimum atomic E-state index is -1.12. The lowest BCUT2D eigenvalue weighted by molar-refractivity contribution is -0.128. The van der Waals surface area contributed by atoms with Crippen LogP contribution in [-0.2, 0) is 22.5 Å². The zero-order valence-corrected chi connectivity index (χ0v) is 20.4. The second-order valence-electron chi connectivity index (χ2n) is 8.53. The summed E-state index contributed by atoms with van der Waals surface area (Å²) >= 11 is 6.10. The Balaban J connectivity index is 1.59. The minimum Gasteiger partial charge on any atom is -0.494 e. The fourth-order valence-corrected chi connectivity index (χ4v) is 4.25. The van der Waals surface area contributed by atoms with Crippen molar-refractivity contribution in [1.82, 2.24) is 5.32 Å². The van der Waals surface area contributed by atoms with Crippen LogP contribution in [0.1, 0.15) is 30.0 Å². The molecule has 1 heterocycles. The molecule has 0 saturated carbocycles. The number of halogens is 1. The number of nitrogens with zero attached hydrogens (tertiary/aromatic N) is 1. The van der Waals surface area contributed by atoms with E-state index in [1.807, 2.05) is 79.7 Å². The van der Waals surface area contributed by atoms with Crippen LogP contribution in [0.25, 0.3) is 0 Å². The molecule has 0 unspecified atom stereocenters. The van der Waals surface area contributed by atoms with Gasteiger partial charge in [0.1, 0.15) is 11.9 Å². The Bertz CT molecular complexity index is 1170. The molecule has 35 heavy (non-hydrogen) atoms. The first-order chi connectivity index (χ1) is 17.0. The lowest BCUT2D eigenvalue weighted by Gasteiger charge is -2.28. The Labute approximate surface area is 210 Å². The fourth-order valence-electron chi connectivity index (χ4n) is 4.03. The largest absolute Gasteiger partial charge is 0.494 e. The van der Waals surface area contributed by atoms with Gasteiger partial charge in [-0.3, -0.25) is 4.79 Å². The highest BCUT2D eigenvalue weighted by Gasteiger charge is 2.50. The highest BCUT2D eigenvalue weighted by molar-refractivity contribution is 6.30. The number of aliphatic hydroxyl groups is 1. The molecular formula is C28H29ClN2O4. The van der Waals surface area contributed by atoms with Gasteiger partial charge in [0.25, 0.3) is 5.91 Å². The van der Waals surface area contributed by atoms with Gasteiger partial charge in [0.05, 0.1) is 6.61 Å². The Morgan fingerprint density at radius 3 is 2.54 bits per heavy atom. The molecule has 3 aromatic rings. The molecule has 1 aliphatic heterocycles. The Morgan fingerprint density at radius 1 is 1.09 bits per heavy atom. The Kier molecular flexibility index (Phi) is 8.06. The predicted molar refractivity (Wildman–Crippen MR) is 137 cm³/mol. The van der Waals surface area contributed by atoms with Crippen LogP contribution < -0.4 is 10.1 Å². The van der Waals surface area contributed by atoms with Crippen molar-refractivity contribution in [1.29, 1.82) is 0 Å². The molecule has 2 atom stereocenters. The third-order valence-corrected chi connectivity index (χ3v) is 6.22. The van der Waals surface area contributed by atoms with E-state index in [9.17, 15) is 4.79 Å². The van der Waals surface area contributed by atoms with E-state index in [1.165, 1.54) is 0 Å². The third-order valence-electron chi connectivity index (χ3n) is 5.99. The molecule has 0 fully saturated rings. The van der Waals surface area contributed by atoms with Crippen molar-refractivity contribution in [2.24, 2.45) is 4.99 Å². The molecule has 7 heteroatoms. The van der Waals surface area contributed by atoms with Gasteiger partial charge in [-0.15, -0.1) is 0 Å². The van der Waals surface area contributed by atoms with Gasteiger partial charge in [-0.2, -0.15) is 0 Å². The number of ether oxygens (including phenoxy) is 2. The van der Waals surface area contributed by atoms with Gasteiger partial charge in [0.2, 0.25) is 5.90 Å². The van der Waals surface area contributed by atoms with Gasteiger partial charge in [0, 0.05) is 36.6 Å². The minimum absolute atomic E-state index is 0.0868. The average molecular weight is 493 g/mol. The van der Waals surface area contributed by atoms with Gasteiger partial charge >= 0.3 is 0 Å². The average Bonchev–Trinajstić information content (AvgIpc) is 3.20. The molecular weight excluding hydrogens is 464 g/mol. The summed E-state index contributed by atoms with van der Waals surface area (Å²) in [5, 5.41) is 12.6. The highest BCUT2D eigenvalue weighted by Crippen LogP contribution is 2.33. The van der Waals surface area contributed by atoms with Crippen molar-refractivity contribution in [3.05, 3.63) is 101 Å². The molecule has 2 N–H and O–H groups in total. The zero-order valence-electron chi connectivity index (χ0n) is 19.6. The molecule has 4 rings (SSSR count). The predicted octanol–water partition coefficient (Wildman–Crippen LogP) is 4.56. The maximum atomic E-state index is 13.6. The van der Waals surface area contributed by atoms with Gasteiger partial charge in [-0.1, -0.05) is 54.1 Å². The number of carbonyl (C=O) groups excluding carboxylic acids is 1. The normalized spacial score (nSPS) is 19.1. The molecule has 0 spiro atoms. The Morgan fingerprint density at radius 2 is 1.83 bits per heavy atom. The lowest BCUT2D eigenvalue weighted by atomic mass is 9.86. The number of amides is 1. The highest BCUT2D eigenvalue weighted by atomic mass is 35.5. The SMILES string of the molecule is C[C@H]1OC(c2ccc(OCCCO)cc2)=N[C@@]1(Cc1ccccc1)C(=O)NCc1cccc(Cl)c1. The molecule has 0 aliphatic carbocycles. The summed E-state index contributed by atoms with van der Waals surface area (Å²) in [6.07, 6.45) is 0.501. The van der Waals surface area contributed by atoms with Crippen molar-refractivity contribution in [2.45, 2.75) is 38.0 Å². The first kappa shape index (κ1) is 24.8. The molecule has 6 nitrogen and oxygen atoms in total. The van der Waals surface area contributed by atoms with Crippen molar-refractivity contribution in [2.75, 3.05) is 13.2 Å². The van der Waals surface area contributed by atoms with Gasteiger partial charge in [-0.25, -0.2) is 4.99 Å². The topological polar surface area (TPSA) is 80.2 Å². The number of carbonyl (C=O) groups is 1. The number of hydrogen-bond acceptors (Lipinski definition) is 5. The van der Waals surface area contributed by atoms with Crippen molar-refractivity contribution in [3.8, 4) is 5.75 Å². The summed E-state index contributed by atoms with van der Waals surface area (Å²) in [6, 6.07) is 24.6. The molecule has 0 saturated heterocycles. The number of nitrogens with one attached hydrogen (secondary N) is 1. The first-order valence-corrected chi connectivity index (χ1v) is 12.1. The molecule has 3 aromatic carbocycles. The summed E-state index contributed by atoms with van der Waals surface area (Å²) in [7, 11) is 0. The number of hydrogen-bond donors (Lipinski definition) is 2. The Hall–Kier alpha value is -3.35.